The lowest BCUT2D eigenvalue weighted by Gasteiger charge is -2.36. The summed E-state index contributed by atoms with van der Waals surface area (Å²) in [7, 11) is 0. The number of nitrogens with two attached hydrogens (primary N) is 1. The molecule has 0 heterocycles. The van der Waals surface area contributed by atoms with Crippen LogP contribution in [0, 0.1) is 0 Å². The van der Waals surface area contributed by atoms with Crippen LogP contribution in [0.1, 0.15) is 23.1 Å². The fraction of sp³-hybridized carbons (Fsp3) is 0.200. The van der Waals surface area contributed by atoms with Crippen molar-refractivity contribution in [2.24, 2.45) is 5.73 Å². The van der Waals surface area contributed by atoms with Crippen LogP contribution < -0.4 is 5.73 Å². The van der Waals surface area contributed by atoms with Crippen LogP contribution in [0.25, 0.3) is 10.8 Å². The van der Waals surface area contributed by atoms with Crippen LogP contribution in [0.3, 0.4) is 0 Å². The van der Waals surface area contributed by atoms with Gasteiger partial charge < -0.3 is 5.73 Å². The lowest BCUT2D eigenvalue weighted by atomic mass is 9.73. The third-order valence-electron chi connectivity index (χ3n) is 4.79. The molecule has 1 heteroatoms. The second kappa shape index (κ2) is 4.71. The molecule has 1 unspecified atom stereocenters. The molecule has 0 aliphatic heterocycles. The average molecular weight is 273 g/mol. The van der Waals surface area contributed by atoms with E-state index >= 15 is 0 Å². The molecule has 0 bridgehead atoms. The van der Waals surface area contributed by atoms with Gasteiger partial charge in [0.2, 0.25) is 0 Å². The van der Waals surface area contributed by atoms with Crippen LogP contribution >= 0.6 is 0 Å². The van der Waals surface area contributed by atoms with Crippen molar-refractivity contribution >= 4 is 10.8 Å². The van der Waals surface area contributed by atoms with E-state index in [2.05, 4.69) is 66.7 Å². The standard InChI is InChI=1S/C20H19N/c21-20(13-12-15-6-1-2-8-17(15)14-20)19-11-5-9-16-7-3-4-10-18(16)19/h1-11H,12-14,21H2. The van der Waals surface area contributed by atoms with Gasteiger partial charge in [0.25, 0.3) is 0 Å². The van der Waals surface area contributed by atoms with Gasteiger partial charge in [-0.1, -0.05) is 66.7 Å². The quantitative estimate of drug-likeness (QED) is 0.707. The number of hydrogen-bond acceptors (Lipinski definition) is 1. The van der Waals surface area contributed by atoms with Gasteiger partial charge in [0, 0.05) is 5.54 Å². The first-order chi connectivity index (χ1) is 10.3. The Morgan fingerprint density at radius 1 is 0.762 bits per heavy atom. The van der Waals surface area contributed by atoms with Crippen molar-refractivity contribution in [2.75, 3.05) is 0 Å². The predicted octanol–water partition coefficient (Wildman–Crippen LogP) is 4.18. The maximum Gasteiger partial charge on any atom is 0.0459 e. The maximum atomic E-state index is 6.86. The molecule has 2 N–H and O–H groups in total. The monoisotopic (exact) mass is 273 g/mol. The van der Waals surface area contributed by atoms with E-state index in [4.69, 9.17) is 5.73 Å². The van der Waals surface area contributed by atoms with E-state index in [9.17, 15) is 0 Å². The van der Waals surface area contributed by atoms with Gasteiger partial charge in [-0.25, -0.2) is 0 Å². The summed E-state index contributed by atoms with van der Waals surface area (Å²) in [4.78, 5) is 0. The summed E-state index contributed by atoms with van der Waals surface area (Å²) in [5.74, 6) is 0. The topological polar surface area (TPSA) is 26.0 Å². The first kappa shape index (κ1) is 12.6. The largest absolute Gasteiger partial charge is 0.321 e. The van der Waals surface area contributed by atoms with Crippen molar-refractivity contribution < 1.29 is 0 Å². The maximum absolute atomic E-state index is 6.86. The summed E-state index contributed by atoms with van der Waals surface area (Å²) in [5.41, 5.74) is 10.8. The molecule has 3 aromatic rings. The van der Waals surface area contributed by atoms with E-state index < -0.39 is 0 Å². The number of fused-ring (bicyclic) bond motifs is 2. The Balaban J connectivity index is 1.85. The molecule has 0 saturated heterocycles. The summed E-state index contributed by atoms with van der Waals surface area (Å²) in [6.45, 7) is 0. The van der Waals surface area contributed by atoms with Gasteiger partial charge in [-0.3, -0.25) is 0 Å². The number of rotatable bonds is 1. The molecule has 0 amide bonds. The van der Waals surface area contributed by atoms with Gasteiger partial charge in [-0.05, 0) is 46.7 Å². The van der Waals surface area contributed by atoms with E-state index in [1.165, 1.54) is 27.5 Å². The average Bonchev–Trinajstić information content (AvgIpc) is 2.54. The van der Waals surface area contributed by atoms with Gasteiger partial charge >= 0.3 is 0 Å². The molecule has 1 aliphatic rings. The van der Waals surface area contributed by atoms with Gasteiger partial charge in [-0.15, -0.1) is 0 Å². The van der Waals surface area contributed by atoms with Crippen LogP contribution in [0.15, 0.2) is 66.7 Å². The van der Waals surface area contributed by atoms with Crippen molar-refractivity contribution in [3.8, 4) is 0 Å². The normalized spacial score (nSPS) is 21.2. The Hall–Kier alpha value is -2.12. The highest BCUT2D eigenvalue weighted by molar-refractivity contribution is 5.86. The number of aryl methyl sites for hydroxylation is 1. The molecule has 1 aliphatic carbocycles. The van der Waals surface area contributed by atoms with Gasteiger partial charge in [0.15, 0.2) is 0 Å². The van der Waals surface area contributed by atoms with E-state index in [0.29, 0.717) is 0 Å². The summed E-state index contributed by atoms with van der Waals surface area (Å²) < 4.78 is 0. The van der Waals surface area contributed by atoms with Crippen LogP contribution in [-0.4, -0.2) is 0 Å². The minimum atomic E-state index is -0.255. The highest BCUT2D eigenvalue weighted by Gasteiger charge is 2.33. The molecule has 0 radical (unpaired) electrons. The van der Waals surface area contributed by atoms with Crippen molar-refractivity contribution in [3.63, 3.8) is 0 Å². The zero-order chi connectivity index (χ0) is 14.3. The Morgan fingerprint density at radius 2 is 1.48 bits per heavy atom. The molecule has 0 aromatic heterocycles. The summed E-state index contributed by atoms with van der Waals surface area (Å²) >= 11 is 0. The zero-order valence-corrected chi connectivity index (χ0v) is 12.0. The molecule has 0 spiro atoms. The van der Waals surface area contributed by atoms with Gasteiger partial charge in [-0.2, -0.15) is 0 Å². The fourth-order valence-electron chi connectivity index (χ4n) is 3.65. The van der Waals surface area contributed by atoms with E-state index in [-0.39, 0.29) is 5.54 Å². The van der Waals surface area contributed by atoms with E-state index in [1.54, 1.807) is 0 Å². The molecule has 104 valence electrons. The van der Waals surface area contributed by atoms with Crippen LogP contribution in [0.2, 0.25) is 0 Å². The van der Waals surface area contributed by atoms with Crippen molar-refractivity contribution in [1.29, 1.82) is 0 Å². The molecule has 0 fully saturated rings. The Labute approximate surface area is 125 Å². The first-order valence-corrected chi connectivity index (χ1v) is 7.60. The molecule has 1 atom stereocenters. The highest BCUT2D eigenvalue weighted by Crippen LogP contribution is 2.37. The molecule has 1 nitrogen and oxygen atoms in total. The van der Waals surface area contributed by atoms with E-state index in [0.717, 1.165) is 19.3 Å². The number of benzene rings is 3. The highest BCUT2D eigenvalue weighted by atomic mass is 14.7. The van der Waals surface area contributed by atoms with Crippen LogP contribution in [-0.2, 0) is 18.4 Å². The molecular formula is C20H19N. The second-order valence-electron chi connectivity index (χ2n) is 6.13. The lowest BCUT2D eigenvalue weighted by molar-refractivity contribution is 0.388. The van der Waals surface area contributed by atoms with Crippen molar-refractivity contribution in [1.82, 2.24) is 0 Å². The fourth-order valence-corrected chi connectivity index (χ4v) is 3.65. The summed E-state index contributed by atoms with van der Waals surface area (Å²) in [6.07, 6.45) is 3.01. The Bertz CT molecular complexity index is 800. The van der Waals surface area contributed by atoms with Crippen LogP contribution in [0.4, 0.5) is 0 Å². The number of hydrogen-bond donors (Lipinski definition) is 1. The molecule has 3 aromatic carbocycles. The van der Waals surface area contributed by atoms with Crippen LogP contribution in [0.5, 0.6) is 0 Å². The van der Waals surface area contributed by atoms with E-state index in [1.807, 2.05) is 0 Å². The molecule has 0 saturated carbocycles. The SMILES string of the molecule is NC1(c2cccc3ccccc23)CCc2ccccc2C1. The third-order valence-corrected chi connectivity index (χ3v) is 4.79. The smallest absolute Gasteiger partial charge is 0.0459 e. The Kier molecular flexibility index (Phi) is 2.83. The van der Waals surface area contributed by atoms with Crippen molar-refractivity contribution in [3.05, 3.63) is 83.4 Å². The molecular weight excluding hydrogens is 254 g/mol. The minimum absolute atomic E-state index is 0.255. The van der Waals surface area contributed by atoms with Gasteiger partial charge in [0.05, 0.1) is 0 Å². The predicted molar refractivity (Wildman–Crippen MR) is 88.3 cm³/mol. The zero-order valence-electron chi connectivity index (χ0n) is 12.0. The summed E-state index contributed by atoms with van der Waals surface area (Å²) in [6, 6.07) is 23.8. The lowest BCUT2D eigenvalue weighted by Crippen LogP contribution is -2.42. The Morgan fingerprint density at radius 3 is 2.38 bits per heavy atom. The summed E-state index contributed by atoms with van der Waals surface area (Å²) in [5, 5.41) is 2.57. The van der Waals surface area contributed by atoms with Crippen molar-refractivity contribution in [2.45, 2.75) is 24.8 Å². The third kappa shape index (κ3) is 2.05. The first-order valence-electron chi connectivity index (χ1n) is 7.60. The second-order valence-corrected chi connectivity index (χ2v) is 6.13. The molecule has 21 heavy (non-hydrogen) atoms. The molecule has 4 rings (SSSR count). The minimum Gasteiger partial charge on any atom is -0.321 e. The van der Waals surface area contributed by atoms with Gasteiger partial charge in [0.1, 0.15) is 0 Å².